The molecule has 2 aromatic carbocycles. The van der Waals surface area contributed by atoms with E-state index in [1.807, 2.05) is 6.92 Å². The Balaban J connectivity index is 2.38. The molecule has 0 bridgehead atoms. The number of hydrogen-bond donors (Lipinski definition) is 1. The van der Waals surface area contributed by atoms with Crippen molar-refractivity contribution >= 4 is 15.9 Å². The minimum Gasteiger partial charge on any atom is -0.494 e. The van der Waals surface area contributed by atoms with Crippen LogP contribution in [0, 0.1) is 11.6 Å². The summed E-state index contributed by atoms with van der Waals surface area (Å²) in [6.07, 6.45) is -1.25. The van der Waals surface area contributed by atoms with Crippen LogP contribution in [0.5, 0.6) is 5.75 Å². The van der Waals surface area contributed by atoms with Crippen LogP contribution in [0.25, 0.3) is 0 Å². The van der Waals surface area contributed by atoms with Crippen LogP contribution >= 0.6 is 15.9 Å². The zero-order valence-electron chi connectivity index (χ0n) is 10.7. The molecule has 0 fully saturated rings. The molecule has 1 atom stereocenters. The van der Waals surface area contributed by atoms with E-state index in [4.69, 9.17) is 4.74 Å². The summed E-state index contributed by atoms with van der Waals surface area (Å²) < 4.78 is 32.8. The van der Waals surface area contributed by atoms with Crippen LogP contribution in [0.4, 0.5) is 8.78 Å². The summed E-state index contributed by atoms with van der Waals surface area (Å²) in [6, 6.07) is 8.69. The minimum atomic E-state index is -1.25. The van der Waals surface area contributed by atoms with Gasteiger partial charge in [0.2, 0.25) is 0 Å². The van der Waals surface area contributed by atoms with Crippen LogP contribution in [0.2, 0.25) is 0 Å². The molecule has 0 heterocycles. The van der Waals surface area contributed by atoms with Crippen molar-refractivity contribution < 1.29 is 18.6 Å². The Morgan fingerprint density at radius 2 is 1.95 bits per heavy atom. The third-order valence-corrected chi connectivity index (χ3v) is 3.54. The van der Waals surface area contributed by atoms with Crippen molar-refractivity contribution in [1.82, 2.24) is 0 Å². The maximum absolute atomic E-state index is 13.7. The summed E-state index contributed by atoms with van der Waals surface area (Å²) in [5.41, 5.74) is 0.341. The highest BCUT2D eigenvalue weighted by molar-refractivity contribution is 9.10. The zero-order chi connectivity index (χ0) is 14.7. The van der Waals surface area contributed by atoms with Crippen LogP contribution in [-0.4, -0.2) is 11.7 Å². The highest BCUT2D eigenvalue weighted by Crippen LogP contribution is 2.32. The Morgan fingerprint density at radius 3 is 2.60 bits per heavy atom. The molecule has 1 N–H and O–H groups in total. The van der Waals surface area contributed by atoms with Crippen molar-refractivity contribution in [2.75, 3.05) is 6.61 Å². The van der Waals surface area contributed by atoms with Gasteiger partial charge in [-0.15, -0.1) is 0 Å². The molecule has 0 aliphatic rings. The van der Waals surface area contributed by atoms with E-state index in [9.17, 15) is 13.9 Å². The van der Waals surface area contributed by atoms with Crippen molar-refractivity contribution in [3.63, 3.8) is 0 Å². The lowest BCUT2D eigenvalue weighted by atomic mass is 10.0. The van der Waals surface area contributed by atoms with E-state index < -0.39 is 17.7 Å². The summed E-state index contributed by atoms with van der Waals surface area (Å²) in [4.78, 5) is 0. The highest BCUT2D eigenvalue weighted by atomic mass is 79.9. The smallest absolute Gasteiger partial charge is 0.164 e. The van der Waals surface area contributed by atoms with E-state index in [1.165, 1.54) is 12.1 Å². The third-order valence-electron chi connectivity index (χ3n) is 2.85. The number of aliphatic hydroxyl groups excluding tert-OH is 1. The highest BCUT2D eigenvalue weighted by Gasteiger charge is 2.19. The van der Waals surface area contributed by atoms with Crippen LogP contribution in [0.1, 0.15) is 24.2 Å². The van der Waals surface area contributed by atoms with Crippen LogP contribution in [0.3, 0.4) is 0 Å². The lowest BCUT2D eigenvalue weighted by Crippen LogP contribution is -2.05. The number of benzene rings is 2. The van der Waals surface area contributed by atoms with E-state index in [2.05, 4.69) is 15.9 Å². The molecule has 2 nitrogen and oxygen atoms in total. The maximum Gasteiger partial charge on any atom is 0.164 e. The Hall–Kier alpha value is -1.46. The van der Waals surface area contributed by atoms with E-state index >= 15 is 0 Å². The second kappa shape index (κ2) is 6.33. The normalized spacial score (nSPS) is 12.2. The third kappa shape index (κ3) is 2.99. The van der Waals surface area contributed by atoms with Gasteiger partial charge in [0, 0.05) is 10.0 Å². The van der Waals surface area contributed by atoms with Crippen molar-refractivity contribution in [1.29, 1.82) is 0 Å². The van der Waals surface area contributed by atoms with Crippen molar-refractivity contribution in [3.05, 3.63) is 63.6 Å². The molecule has 106 valence electrons. The van der Waals surface area contributed by atoms with Gasteiger partial charge in [0.25, 0.3) is 0 Å². The van der Waals surface area contributed by atoms with E-state index in [0.29, 0.717) is 22.4 Å². The summed E-state index contributed by atoms with van der Waals surface area (Å²) in [7, 11) is 0. The fourth-order valence-corrected chi connectivity index (χ4v) is 2.46. The second-order valence-electron chi connectivity index (χ2n) is 4.16. The first kappa shape index (κ1) is 14.9. The number of halogens is 3. The average Bonchev–Trinajstić information content (AvgIpc) is 2.42. The molecule has 5 heteroatoms. The van der Waals surface area contributed by atoms with Crippen molar-refractivity contribution in [2.24, 2.45) is 0 Å². The van der Waals surface area contributed by atoms with Crippen LogP contribution < -0.4 is 4.74 Å². The van der Waals surface area contributed by atoms with Crippen molar-refractivity contribution in [2.45, 2.75) is 13.0 Å². The molecule has 0 aliphatic heterocycles. The Labute approximate surface area is 124 Å². The summed E-state index contributed by atoms with van der Waals surface area (Å²) in [6.45, 7) is 2.38. The Kier molecular flexibility index (Phi) is 4.73. The fourth-order valence-electron chi connectivity index (χ4n) is 1.89. The summed E-state index contributed by atoms with van der Waals surface area (Å²) in [5.74, 6) is -1.39. The molecule has 0 spiro atoms. The monoisotopic (exact) mass is 342 g/mol. The molecule has 2 aromatic rings. The molecular formula is C15H13BrF2O2. The molecule has 0 aliphatic carbocycles. The Morgan fingerprint density at radius 1 is 1.20 bits per heavy atom. The predicted octanol–water partition coefficient (Wildman–Crippen LogP) is 4.21. The molecular weight excluding hydrogens is 330 g/mol. The lowest BCUT2D eigenvalue weighted by molar-refractivity contribution is 0.212. The maximum atomic E-state index is 13.7. The molecule has 20 heavy (non-hydrogen) atoms. The molecule has 0 saturated heterocycles. The minimum absolute atomic E-state index is 0.102. The van der Waals surface area contributed by atoms with Gasteiger partial charge in [0.1, 0.15) is 11.9 Å². The first-order valence-corrected chi connectivity index (χ1v) is 6.88. The standard InChI is InChI=1S/C15H13BrF2O2/c1-2-20-9-6-7-10(12(16)8-9)15(19)11-4-3-5-13(17)14(11)18/h3-8,15,19H,2H2,1H3. The van der Waals surface area contributed by atoms with E-state index in [1.54, 1.807) is 18.2 Å². The quantitative estimate of drug-likeness (QED) is 0.901. The van der Waals surface area contributed by atoms with Crippen LogP contribution in [-0.2, 0) is 0 Å². The topological polar surface area (TPSA) is 29.5 Å². The fraction of sp³-hybridized carbons (Fsp3) is 0.200. The zero-order valence-corrected chi connectivity index (χ0v) is 12.3. The first-order valence-electron chi connectivity index (χ1n) is 6.08. The first-order chi connectivity index (χ1) is 9.54. The lowest BCUT2D eigenvalue weighted by Gasteiger charge is -2.15. The molecule has 0 aromatic heterocycles. The molecule has 0 amide bonds. The number of ether oxygens (including phenoxy) is 1. The predicted molar refractivity (Wildman–Crippen MR) is 75.7 cm³/mol. The van der Waals surface area contributed by atoms with Gasteiger partial charge in [-0.25, -0.2) is 8.78 Å². The molecule has 2 rings (SSSR count). The largest absolute Gasteiger partial charge is 0.494 e. The second-order valence-corrected chi connectivity index (χ2v) is 5.02. The van der Waals surface area contributed by atoms with Gasteiger partial charge < -0.3 is 9.84 Å². The molecule has 0 saturated carbocycles. The van der Waals surface area contributed by atoms with Gasteiger partial charge >= 0.3 is 0 Å². The van der Waals surface area contributed by atoms with Crippen molar-refractivity contribution in [3.8, 4) is 5.75 Å². The van der Waals surface area contributed by atoms with E-state index in [-0.39, 0.29) is 5.56 Å². The Bertz CT molecular complexity index is 617. The van der Waals surface area contributed by atoms with Crippen LogP contribution in [0.15, 0.2) is 40.9 Å². The van der Waals surface area contributed by atoms with Gasteiger partial charge in [-0.05, 0) is 30.7 Å². The van der Waals surface area contributed by atoms with Gasteiger partial charge in [-0.2, -0.15) is 0 Å². The number of hydrogen-bond acceptors (Lipinski definition) is 2. The summed E-state index contributed by atoms with van der Waals surface area (Å²) >= 11 is 3.30. The van der Waals surface area contributed by atoms with Gasteiger partial charge in [0.15, 0.2) is 11.6 Å². The summed E-state index contributed by atoms with van der Waals surface area (Å²) in [5, 5.41) is 10.2. The van der Waals surface area contributed by atoms with E-state index in [0.717, 1.165) is 6.07 Å². The number of aliphatic hydroxyl groups is 1. The number of rotatable bonds is 4. The SMILES string of the molecule is CCOc1ccc(C(O)c2cccc(F)c2F)c(Br)c1. The van der Waals surface area contributed by atoms with Gasteiger partial charge in [-0.1, -0.05) is 34.1 Å². The van der Waals surface area contributed by atoms with Gasteiger partial charge in [-0.3, -0.25) is 0 Å². The van der Waals surface area contributed by atoms with Gasteiger partial charge in [0.05, 0.1) is 6.61 Å². The molecule has 0 radical (unpaired) electrons. The molecule has 1 unspecified atom stereocenters. The average molecular weight is 343 g/mol.